The number of esters is 1. The van der Waals surface area contributed by atoms with Gasteiger partial charge in [-0.2, -0.15) is 8.78 Å². The van der Waals surface area contributed by atoms with Crippen LogP contribution in [0.4, 0.5) is 13.6 Å². The van der Waals surface area contributed by atoms with Crippen LogP contribution in [0.1, 0.15) is 10.4 Å². The van der Waals surface area contributed by atoms with Crippen LogP contribution in [-0.2, 0) is 14.3 Å². The van der Waals surface area contributed by atoms with Gasteiger partial charge in [0.25, 0.3) is 11.8 Å². The topological polar surface area (TPSA) is 123 Å². The zero-order valence-corrected chi connectivity index (χ0v) is 13.0. The van der Waals surface area contributed by atoms with Crippen molar-refractivity contribution in [1.29, 1.82) is 0 Å². The molecule has 3 N–H and O–H groups in total. The number of carbonyl (C=O) groups excluding carboxylic acids is 4. The molecule has 0 radical (unpaired) electrons. The zero-order valence-electron chi connectivity index (χ0n) is 13.0. The van der Waals surface area contributed by atoms with Crippen molar-refractivity contribution in [3.8, 4) is 5.75 Å². The summed E-state index contributed by atoms with van der Waals surface area (Å²) >= 11 is 0. The van der Waals surface area contributed by atoms with Gasteiger partial charge in [-0.05, 0) is 18.2 Å². The Balaban J connectivity index is 2.42. The van der Waals surface area contributed by atoms with Gasteiger partial charge in [0, 0.05) is 12.6 Å². The molecule has 0 bridgehead atoms. The molecule has 0 aliphatic heterocycles. The number of ether oxygens (including phenoxy) is 2. The fraction of sp³-hybridized carbons (Fsp3) is 0.286. The number of benzene rings is 1. The lowest BCUT2D eigenvalue weighted by atomic mass is 10.2. The number of rotatable bonds is 7. The first kappa shape index (κ1) is 19.8. The summed E-state index contributed by atoms with van der Waals surface area (Å²) in [6.45, 7) is -4.31. The molecule has 0 aliphatic carbocycles. The minimum atomic E-state index is -3.03. The summed E-state index contributed by atoms with van der Waals surface area (Å²) in [5.74, 6) is -2.72. The molecular weight excluding hydrogens is 344 g/mol. The second-order valence-corrected chi connectivity index (χ2v) is 4.38. The van der Waals surface area contributed by atoms with Crippen LogP contribution in [0.15, 0.2) is 24.3 Å². The third kappa shape index (κ3) is 7.72. The maximum atomic E-state index is 12.1. The van der Waals surface area contributed by atoms with E-state index < -0.39 is 43.6 Å². The molecule has 0 unspecified atom stereocenters. The average Bonchev–Trinajstić information content (AvgIpc) is 2.57. The number of hydrogen-bond donors (Lipinski definition) is 3. The first-order chi connectivity index (χ1) is 11.8. The van der Waals surface area contributed by atoms with Gasteiger partial charge in [0.05, 0.1) is 0 Å². The van der Waals surface area contributed by atoms with E-state index in [2.05, 4.69) is 20.1 Å². The smallest absolute Gasteiger partial charge is 0.387 e. The molecular formula is C14H15F2N3O6. The highest BCUT2D eigenvalue weighted by molar-refractivity contribution is 5.97. The quantitative estimate of drug-likeness (QED) is 0.590. The van der Waals surface area contributed by atoms with Gasteiger partial charge < -0.3 is 20.1 Å². The summed E-state index contributed by atoms with van der Waals surface area (Å²) in [4.78, 5) is 45.3. The molecule has 0 heterocycles. The molecule has 1 aromatic rings. The number of urea groups is 1. The van der Waals surface area contributed by atoms with Crippen LogP contribution in [0.2, 0.25) is 0 Å². The van der Waals surface area contributed by atoms with E-state index in [0.29, 0.717) is 0 Å². The number of hydrogen-bond acceptors (Lipinski definition) is 6. The molecule has 0 aliphatic rings. The van der Waals surface area contributed by atoms with Crippen LogP contribution in [0.3, 0.4) is 0 Å². The monoisotopic (exact) mass is 359 g/mol. The highest BCUT2D eigenvalue weighted by atomic mass is 19.3. The molecule has 136 valence electrons. The van der Waals surface area contributed by atoms with E-state index in [0.717, 1.165) is 6.07 Å². The Morgan fingerprint density at radius 1 is 1.20 bits per heavy atom. The maximum absolute atomic E-state index is 12.1. The van der Waals surface area contributed by atoms with Gasteiger partial charge in [0.15, 0.2) is 6.61 Å². The molecule has 9 nitrogen and oxygen atoms in total. The summed E-state index contributed by atoms with van der Waals surface area (Å²) in [5, 5.41) is 6.19. The van der Waals surface area contributed by atoms with Crippen molar-refractivity contribution in [1.82, 2.24) is 16.0 Å². The molecule has 4 amide bonds. The summed E-state index contributed by atoms with van der Waals surface area (Å²) in [6.07, 6.45) is 0. The Kier molecular flexibility index (Phi) is 7.76. The second-order valence-electron chi connectivity index (χ2n) is 4.38. The predicted octanol–water partition coefficient (Wildman–Crippen LogP) is 0.0166. The van der Waals surface area contributed by atoms with Gasteiger partial charge >= 0.3 is 18.6 Å². The van der Waals surface area contributed by atoms with E-state index in [-0.39, 0.29) is 11.3 Å². The van der Waals surface area contributed by atoms with Crippen molar-refractivity contribution >= 4 is 23.8 Å². The van der Waals surface area contributed by atoms with Crippen molar-refractivity contribution < 1.29 is 37.4 Å². The van der Waals surface area contributed by atoms with Crippen molar-refractivity contribution in [3.05, 3.63) is 29.8 Å². The molecule has 0 fully saturated rings. The summed E-state index contributed by atoms with van der Waals surface area (Å²) < 4.78 is 32.9. The third-order valence-corrected chi connectivity index (χ3v) is 2.56. The molecule has 1 aromatic carbocycles. The summed E-state index contributed by atoms with van der Waals surface area (Å²) in [5.41, 5.74) is -0.0108. The fourth-order valence-electron chi connectivity index (χ4n) is 1.49. The van der Waals surface area contributed by atoms with E-state index in [9.17, 15) is 28.0 Å². The first-order valence-corrected chi connectivity index (χ1v) is 6.82. The molecule has 0 aromatic heterocycles. The molecule has 0 saturated heterocycles. The SMILES string of the molecule is CNC(=O)NC(=O)COC(=O)CNC(=O)c1cccc(OC(F)F)c1. The van der Waals surface area contributed by atoms with Gasteiger partial charge in [-0.3, -0.25) is 19.7 Å². The van der Waals surface area contributed by atoms with Crippen LogP contribution < -0.4 is 20.7 Å². The third-order valence-electron chi connectivity index (χ3n) is 2.56. The van der Waals surface area contributed by atoms with Gasteiger partial charge in [-0.1, -0.05) is 6.07 Å². The van der Waals surface area contributed by atoms with Crippen LogP contribution >= 0.6 is 0 Å². The Bertz CT molecular complexity index is 653. The molecule has 0 atom stereocenters. The van der Waals surface area contributed by atoms with Crippen LogP contribution in [0.25, 0.3) is 0 Å². The second kappa shape index (κ2) is 9.80. The zero-order chi connectivity index (χ0) is 18.8. The highest BCUT2D eigenvalue weighted by Gasteiger charge is 2.13. The lowest BCUT2D eigenvalue weighted by Crippen LogP contribution is -2.40. The molecule has 0 saturated carbocycles. The first-order valence-electron chi connectivity index (χ1n) is 6.82. The van der Waals surface area contributed by atoms with Gasteiger partial charge in [-0.15, -0.1) is 0 Å². The van der Waals surface area contributed by atoms with Crippen molar-refractivity contribution in [3.63, 3.8) is 0 Å². The summed E-state index contributed by atoms with van der Waals surface area (Å²) in [6, 6.07) is 4.20. The van der Waals surface area contributed by atoms with Crippen molar-refractivity contribution in [2.24, 2.45) is 0 Å². The number of imide groups is 1. The standard InChI is InChI=1S/C14H15F2N3O6/c1-17-14(23)19-10(20)7-24-11(21)6-18-12(22)8-3-2-4-9(5-8)25-13(15)16/h2-5,13H,6-7H2,1H3,(H,18,22)(H2,17,19,20,23). The molecule has 1 rings (SSSR count). The minimum absolute atomic E-state index is 0.0108. The molecule has 0 spiro atoms. The number of halogens is 2. The van der Waals surface area contributed by atoms with Gasteiger partial charge in [0.1, 0.15) is 12.3 Å². The Morgan fingerprint density at radius 3 is 2.56 bits per heavy atom. The van der Waals surface area contributed by atoms with Crippen LogP contribution in [0.5, 0.6) is 5.75 Å². The summed E-state index contributed by atoms with van der Waals surface area (Å²) in [7, 11) is 1.30. The molecule has 25 heavy (non-hydrogen) atoms. The lowest BCUT2D eigenvalue weighted by molar-refractivity contribution is -0.147. The van der Waals surface area contributed by atoms with Gasteiger partial charge in [0.2, 0.25) is 0 Å². The van der Waals surface area contributed by atoms with E-state index >= 15 is 0 Å². The number of amides is 4. The van der Waals surface area contributed by atoms with E-state index in [1.165, 1.54) is 25.2 Å². The van der Waals surface area contributed by atoms with Gasteiger partial charge in [-0.25, -0.2) is 4.79 Å². The van der Waals surface area contributed by atoms with E-state index in [1.807, 2.05) is 5.32 Å². The number of nitrogens with one attached hydrogen (secondary N) is 3. The van der Waals surface area contributed by atoms with Crippen molar-refractivity contribution in [2.45, 2.75) is 6.61 Å². The largest absolute Gasteiger partial charge is 0.454 e. The van der Waals surface area contributed by atoms with Crippen molar-refractivity contribution in [2.75, 3.05) is 20.2 Å². The Hall–Kier alpha value is -3.24. The average molecular weight is 359 g/mol. The maximum Gasteiger partial charge on any atom is 0.387 e. The van der Waals surface area contributed by atoms with E-state index in [4.69, 9.17) is 0 Å². The lowest BCUT2D eigenvalue weighted by Gasteiger charge is -2.08. The highest BCUT2D eigenvalue weighted by Crippen LogP contribution is 2.15. The Morgan fingerprint density at radius 2 is 1.92 bits per heavy atom. The fourth-order valence-corrected chi connectivity index (χ4v) is 1.49. The predicted molar refractivity (Wildman–Crippen MR) is 79.0 cm³/mol. The number of alkyl halides is 2. The van der Waals surface area contributed by atoms with Crippen LogP contribution in [0, 0.1) is 0 Å². The normalized spacial score (nSPS) is 9.92. The molecule has 11 heteroatoms. The van der Waals surface area contributed by atoms with E-state index in [1.54, 1.807) is 0 Å². The Labute approximate surface area is 140 Å². The van der Waals surface area contributed by atoms with Crippen LogP contribution in [-0.4, -0.2) is 50.6 Å². The number of carbonyl (C=O) groups is 4. The minimum Gasteiger partial charge on any atom is -0.454 e.